The van der Waals surface area contributed by atoms with Gasteiger partial charge in [0.2, 0.25) is 0 Å². The van der Waals surface area contributed by atoms with E-state index in [0.29, 0.717) is 31.1 Å². The predicted octanol–water partition coefficient (Wildman–Crippen LogP) is 6.02. The summed E-state index contributed by atoms with van der Waals surface area (Å²) >= 11 is 0. The first-order valence-electron chi connectivity index (χ1n) is 13.3. The summed E-state index contributed by atoms with van der Waals surface area (Å²) in [5.41, 5.74) is 5.23. The molecule has 1 aliphatic rings. The zero-order chi connectivity index (χ0) is 27.8. The zero-order valence-electron chi connectivity index (χ0n) is 24.2. The van der Waals surface area contributed by atoms with Crippen LogP contribution < -0.4 is 9.47 Å². The molecular formula is C31H42ClNO6. The fraction of sp³-hybridized carbons (Fsp3) is 0.484. The van der Waals surface area contributed by atoms with Crippen molar-refractivity contribution in [1.82, 2.24) is 4.90 Å². The van der Waals surface area contributed by atoms with Crippen LogP contribution in [0.2, 0.25) is 0 Å². The van der Waals surface area contributed by atoms with Crippen molar-refractivity contribution in [3.63, 3.8) is 0 Å². The Morgan fingerprint density at radius 1 is 0.949 bits per heavy atom. The summed E-state index contributed by atoms with van der Waals surface area (Å²) in [5, 5.41) is 0. The average molecular weight is 560 g/mol. The van der Waals surface area contributed by atoms with Gasteiger partial charge in [-0.15, -0.1) is 12.4 Å². The Labute approximate surface area is 238 Å². The summed E-state index contributed by atoms with van der Waals surface area (Å²) < 4.78 is 22.9. The lowest BCUT2D eigenvalue weighted by atomic mass is 10.0. The number of rotatable bonds is 11. The Kier molecular flexibility index (Phi) is 12.5. The molecule has 1 aliphatic heterocycles. The fourth-order valence-electron chi connectivity index (χ4n) is 4.70. The van der Waals surface area contributed by atoms with Crippen molar-refractivity contribution in [3.05, 3.63) is 63.7 Å². The number of morpholine rings is 1. The van der Waals surface area contributed by atoms with Crippen LogP contribution in [0.15, 0.2) is 30.3 Å². The van der Waals surface area contributed by atoms with Crippen molar-refractivity contribution in [2.45, 2.75) is 67.2 Å². The van der Waals surface area contributed by atoms with Gasteiger partial charge in [-0.3, -0.25) is 14.5 Å². The van der Waals surface area contributed by atoms with Gasteiger partial charge in [0.25, 0.3) is 0 Å². The minimum atomic E-state index is -0.365. The summed E-state index contributed by atoms with van der Waals surface area (Å²) in [6, 6.07) is 7.75. The molecule has 2 aromatic carbocycles. The van der Waals surface area contributed by atoms with Gasteiger partial charge in [0.1, 0.15) is 23.8 Å². The Bertz CT molecular complexity index is 1150. The number of ether oxygens (including phenoxy) is 4. The molecule has 214 valence electrons. The number of allylic oxidation sites excluding steroid dienone is 1. The minimum absolute atomic E-state index is 0. The molecule has 3 rings (SSSR count). The van der Waals surface area contributed by atoms with E-state index in [4.69, 9.17) is 18.9 Å². The molecule has 7 nitrogen and oxygen atoms in total. The second-order valence-electron chi connectivity index (χ2n) is 9.94. The Hall–Kier alpha value is -2.87. The second kappa shape index (κ2) is 15.1. The van der Waals surface area contributed by atoms with E-state index in [1.165, 1.54) is 0 Å². The number of aryl methyl sites for hydroxylation is 4. The molecule has 0 aromatic heterocycles. The largest absolute Gasteiger partial charge is 0.489 e. The second-order valence-corrected chi connectivity index (χ2v) is 9.94. The molecule has 2 atom stereocenters. The monoisotopic (exact) mass is 559 g/mol. The molecule has 39 heavy (non-hydrogen) atoms. The van der Waals surface area contributed by atoms with Crippen molar-refractivity contribution in [3.8, 4) is 11.5 Å². The van der Waals surface area contributed by atoms with Crippen molar-refractivity contribution in [1.29, 1.82) is 0 Å². The van der Waals surface area contributed by atoms with Gasteiger partial charge in [-0.1, -0.05) is 11.6 Å². The predicted molar refractivity (Wildman–Crippen MR) is 156 cm³/mol. The molecule has 0 N–H and O–H groups in total. The number of hydrogen-bond donors (Lipinski definition) is 0. The van der Waals surface area contributed by atoms with Crippen LogP contribution in [-0.4, -0.2) is 61.9 Å². The van der Waals surface area contributed by atoms with Crippen LogP contribution in [0.25, 0.3) is 6.08 Å². The maximum atomic E-state index is 13.2. The SMILES string of the molecule is CCOC(=O)CC(C)Oc1c(C)cc(C)cc1/C=C/C(=O)c1cc(C)c(OC(C)N2CCOCC2)c(C)c1.Cl. The van der Waals surface area contributed by atoms with Gasteiger partial charge in [-0.05, 0) is 95.5 Å². The third kappa shape index (κ3) is 9.09. The standard InChI is InChI=1S/C31H41NO6.ClH/c1-8-36-29(34)19-24(6)37-31-21(3)15-20(2)16-26(31)9-10-28(33)27-17-22(4)30(23(5)18-27)38-25(7)32-11-13-35-14-12-32;/h9-10,15-18,24-25H,8,11-14,19H2,1-7H3;1H/b10-9+;. The van der Waals surface area contributed by atoms with E-state index in [2.05, 4.69) is 4.90 Å². The highest BCUT2D eigenvalue weighted by molar-refractivity contribution is 6.07. The molecule has 0 amide bonds. The number of benzene rings is 2. The molecule has 0 saturated carbocycles. The lowest BCUT2D eigenvalue weighted by molar-refractivity contribution is -0.144. The smallest absolute Gasteiger partial charge is 0.309 e. The van der Waals surface area contributed by atoms with Crippen LogP contribution in [0, 0.1) is 27.7 Å². The highest BCUT2D eigenvalue weighted by Gasteiger charge is 2.21. The van der Waals surface area contributed by atoms with E-state index in [1.807, 2.05) is 65.8 Å². The number of ketones is 1. The third-order valence-electron chi connectivity index (χ3n) is 6.53. The summed E-state index contributed by atoms with van der Waals surface area (Å²) in [7, 11) is 0. The Morgan fingerprint density at radius 2 is 1.56 bits per heavy atom. The topological polar surface area (TPSA) is 74.3 Å². The van der Waals surface area contributed by atoms with Crippen molar-refractivity contribution in [2.75, 3.05) is 32.9 Å². The highest BCUT2D eigenvalue weighted by atomic mass is 35.5. The average Bonchev–Trinajstić information content (AvgIpc) is 2.86. The van der Waals surface area contributed by atoms with Gasteiger partial charge in [0, 0.05) is 24.2 Å². The molecule has 0 spiro atoms. The number of hydrogen-bond acceptors (Lipinski definition) is 7. The summed E-state index contributed by atoms with van der Waals surface area (Å²) in [5.74, 6) is 1.07. The number of carbonyl (C=O) groups excluding carboxylic acids is 2. The zero-order valence-corrected chi connectivity index (χ0v) is 25.0. The first-order chi connectivity index (χ1) is 18.1. The normalized spacial score (nSPS) is 15.4. The number of halogens is 1. The minimum Gasteiger partial charge on any atom is -0.489 e. The van der Waals surface area contributed by atoms with E-state index in [0.717, 1.165) is 46.7 Å². The van der Waals surface area contributed by atoms with Crippen LogP contribution in [0.5, 0.6) is 11.5 Å². The summed E-state index contributed by atoms with van der Waals surface area (Å²) in [4.78, 5) is 27.3. The van der Waals surface area contributed by atoms with Crippen LogP contribution in [0.4, 0.5) is 0 Å². The lowest BCUT2D eigenvalue weighted by Crippen LogP contribution is -2.44. The molecule has 0 aliphatic carbocycles. The van der Waals surface area contributed by atoms with Crippen molar-refractivity contribution >= 4 is 30.2 Å². The number of carbonyl (C=O) groups is 2. The molecular weight excluding hydrogens is 518 g/mol. The fourth-order valence-corrected chi connectivity index (χ4v) is 4.70. The number of nitrogens with zero attached hydrogens (tertiary/aromatic N) is 1. The molecule has 1 saturated heterocycles. The highest BCUT2D eigenvalue weighted by Crippen LogP contribution is 2.30. The van der Waals surface area contributed by atoms with Gasteiger partial charge in [-0.25, -0.2) is 0 Å². The van der Waals surface area contributed by atoms with Crippen LogP contribution in [-0.2, 0) is 14.3 Å². The van der Waals surface area contributed by atoms with E-state index in [1.54, 1.807) is 19.1 Å². The van der Waals surface area contributed by atoms with Crippen LogP contribution in [0.3, 0.4) is 0 Å². The molecule has 1 heterocycles. The molecule has 0 bridgehead atoms. The molecule has 2 aromatic rings. The molecule has 8 heteroatoms. The van der Waals surface area contributed by atoms with Gasteiger partial charge in [-0.2, -0.15) is 0 Å². The third-order valence-corrected chi connectivity index (χ3v) is 6.53. The van der Waals surface area contributed by atoms with Gasteiger partial charge < -0.3 is 18.9 Å². The van der Waals surface area contributed by atoms with Crippen LogP contribution >= 0.6 is 12.4 Å². The molecule has 1 fully saturated rings. The van der Waals surface area contributed by atoms with Crippen molar-refractivity contribution in [2.24, 2.45) is 0 Å². The Morgan fingerprint density at radius 3 is 2.18 bits per heavy atom. The van der Waals surface area contributed by atoms with Gasteiger partial charge in [0.05, 0.1) is 26.2 Å². The first-order valence-corrected chi connectivity index (χ1v) is 13.3. The van der Waals surface area contributed by atoms with Gasteiger partial charge >= 0.3 is 5.97 Å². The maximum Gasteiger partial charge on any atom is 0.309 e. The maximum absolute atomic E-state index is 13.2. The van der Waals surface area contributed by atoms with Gasteiger partial charge in [0.15, 0.2) is 5.78 Å². The van der Waals surface area contributed by atoms with E-state index in [9.17, 15) is 9.59 Å². The summed E-state index contributed by atoms with van der Waals surface area (Å²) in [6.07, 6.45) is 3.07. The quantitative estimate of drug-likeness (QED) is 0.189. The Balaban J connectivity index is 0.00000533. The van der Waals surface area contributed by atoms with E-state index in [-0.39, 0.29) is 42.9 Å². The number of esters is 1. The van der Waals surface area contributed by atoms with Crippen molar-refractivity contribution < 1.29 is 28.5 Å². The van der Waals surface area contributed by atoms with E-state index < -0.39 is 0 Å². The summed E-state index contributed by atoms with van der Waals surface area (Å²) in [6.45, 7) is 17.0. The molecule has 0 radical (unpaired) electrons. The first kappa shape index (κ1) is 32.3. The van der Waals surface area contributed by atoms with Crippen LogP contribution in [0.1, 0.15) is 65.4 Å². The van der Waals surface area contributed by atoms with E-state index >= 15 is 0 Å². The molecule has 2 unspecified atom stereocenters. The lowest BCUT2D eigenvalue weighted by Gasteiger charge is -2.33.